The molecule has 0 aliphatic carbocycles. The number of aliphatic hydroxyl groups is 2. The molecule has 0 bridgehead atoms. The zero-order valence-electron chi connectivity index (χ0n) is 21.4. The van der Waals surface area contributed by atoms with Gasteiger partial charge in [0.15, 0.2) is 17.5 Å². The zero-order chi connectivity index (χ0) is 27.8. The Hall–Kier alpha value is -3.07. The molecule has 2 aromatic rings. The quantitative estimate of drug-likeness (QED) is 0.493. The van der Waals surface area contributed by atoms with Crippen LogP contribution in [0.2, 0.25) is 0 Å². The van der Waals surface area contributed by atoms with Gasteiger partial charge >= 0.3 is 0 Å². The van der Waals surface area contributed by atoms with E-state index in [1.165, 1.54) is 18.0 Å². The third-order valence-electron chi connectivity index (χ3n) is 7.71. The van der Waals surface area contributed by atoms with Crippen LogP contribution in [0, 0.1) is 23.4 Å². The molecule has 39 heavy (non-hydrogen) atoms. The number of aliphatic hydroxyl groups excluding tert-OH is 2. The second-order valence-electron chi connectivity index (χ2n) is 10.2. The van der Waals surface area contributed by atoms with Crippen molar-refractivity contribution in [3.05, 3.63) is 35.8 Å². The number of carbonyl (C=O) groups is 1. The van der Waals surface area contributed by atoms with Gasteiger partial charge in [-0.2, -0.15) is 0 Å². The molecule has 14 heteroatoms. The van der Waals surface area contributed by atoms with Crippen LogP contribution in [0.1, 0.15) is 31.7 Å². The van der Waals surface area contributed by atoms with E-state index < -0.39 is 54.5 Å². The van der Waals surface area contributed by atoms with E-state index >= 15 is 0 Å². The standard InChI is InChI=1S/C25H30F3N5O6/c1-32-4-3-12(7-21(32)35)17-8-14(39-30-17)9-19-25(37-2)23(24(36)20(11-34)38-19)33-10-18(29-31-33)13-5-15(26)22(28)16(27)6-13/h5-6,10,12,14,19-20,23-25,34,36H,3-4,7-9,11H2,1-2H3/t12?,14?,19-,20-,23+,24+,25+/m1/s1. The van der Waals surface area contributed by atoms with E-state index in [2.05, 4.69) is 15.5 Å². The summed E-state index contributed by atoms with van der Waals surface area (Å²) in [5.41, 5.74) is 0.823. The van der Waals surface area contributed by atoms with Gasteiger partial charge in [0.1, 0.15) is 36.2 Å². The van der Waals surface area contributed by atoms with Crippen molar-refractivity contribution in [3.8, 4) is 11.3 Å². The molecule has 3 aliphatic heterocycles. The van der Waals surface area contributed by atoms with E-state index in [1.807, 2.05) is 0 Å². The number of likely N-dealkylation sites (tertiary alicyclic amines) is 1. The lowest BCUT2D eigenvalue weighted by atomic mass is 9.86. The van der Waals surface area contributed by atoms with Gasteiger partial charge < -0.3 is 29.4 Å². The summed E-state index contributed by atoms with van der Waals surface area (Å²) >= 11 is 0. The number of oxime groups is 1. The lowest BCUT2D eigenvalue weighted by Gasteiger charge is -2.44. The minimum atomic E-state index is -1.59. The number of aromatic nitrogens is 3. The summed E-state index contributed by atoms with van der Waals surface area (Å²) < 4.78 is 54.0. The Kier molecular flexibility index (Phi) is 7.89. The highest BCUT2D eigenvalue weighted by atomic mass is 19.2. The monoisotopic (exact) mass is 553 g/mol. The molecule has 0 spiro atoms. The molecule has 1 amide bonds. The fourth-order valence-electron chi connectivity index (χ4n) is 5.52. The number of hydrogen-bond donors (Lipinski definition) is 2. The first-order valence-electron chi connectivity index (χ1n) is 12.7. The fraction of sp³-hybridized carbons (Fsp3) is 0.600. The Balaban J connectivity index is 1.33. The molecular formula is C25H30F3N5O6. The van der Waals surface area contributed by atoms with Gasteiger partial charge in [-0.15, -0.1) is 5.10 Å². The molecule has 0 saturated carbocycles. The van der Waals surface area contributed by atoms with Crippen molar-refractivity contribution in [1.29, 1.82) is 0 Å². The Bertz CT molecular complexity index is 1220. The van der Waals surface area contributed by atoms with Gasteiger partial charge in [0.25, 0.3) is 0 Å². The Morgan fingerprint density at radius 3 is 2.59 bits per heavy atom. The molecule has 2 saturated heterocycles. The summed E-state index contributed by atoms with van der Waals surface area (Å²) in [6.45, 7) is 0.158. The molecular weight excluding hydrogens is 523 g/mol. The van der Waals surface area contributed by atoms with E-state index in [0.29, 0.717) is 25.8 Å². The summed E-state index contributed by atoms with van der Waals surface area (Å²) in [5, 5.41) is 33.1. The topological polar surface area (TPSA) is 132 Å². The van der Waals surface area contributed by atoms with Gasteiger partial charge in [0.05, 0.1) is 24.6 Å². The Morgan fingerprint density at radius 1 is 1.18 bits per heavy atom. The maximum Gasteiger partial charge on any atom is 0.222 e. The molecule has 5 rings (SSSR count). The van der Waals surface area contributed by atoms with E-state index in [4.69, 9.17) is 14.3 Å². The third-order valence-corrected chi connectivity index (χ3v) is 7.71. The van der Waals surface area contributed by atoms with Gasteiger partial charge in [0, 0.05) is 51.4 Å². The predicted molar refractivity (Wildman–Crippen MR) is 129 cm³/mol. The highest BCUT2D eigenvalue weighted by molar-refractivity contribution is 5.92. The average molecular weight is 554 g/mol. The smallest absolute Gasteiger partial charge is 0.222 e. The lowest BCUT2D eigenvalue weighted by Crippen LogP contribution is -2.57. The summed E-state index contributed by atoms with van der Waals surface area (Å²) in [6, 6.07) is 0.705. The summed E-state index contributed by atoms with van der Waals surface area (Å²) in [6.07, 6.45) is -0.729. The molecule has 2 fully saturated rings. The number of hydrogen-bond acceptors (Lipinski definition) is 9. The van der Waals surface area contributed by atoms with Crippen LogP contribution in [0.4, 0.5) is 13.2 Å². The Morgan fingerprint density at radius 2 is 1.92 bits per heavy atom. The highest BCUT2D eigenvalue weighted by Crippen LogP contribution is 2.36. The number of benzene rings is 1. The van der Waals surface area contributed by atoms with Gasteiger partial charge in [-0.05, 0) is 18.6 Å². The van der Waals surface area contributed by atoms with Gasteiger partial charge in [0.2, 0.25) is 5.91 Å². The van der Waals surface area contributed by atoms with Crippen molar-refractivity contribution in [2.24, 2.45) is 11.1 Å². The molecule has 0 radical (unpaired) electrons. The number of amides is 1. The molecule has 7 atom stereocenters. The van der Waals surface area contributed by atoms with E-state index in [1.54, 1.807) is 11.9 Å². The molecule has 2 unspecified atom stereocenters. The summed E-state index contributed by atoms with van der Waals surface area (Å²) in [5.74, 6) is -4.26. The summed E-state index contributed by atoms with van der Waals surface area (Å²) in [4.78, 5) is 19.5. The van der Waals surface area contributed by atoms with E-state index in [-0.39, 0.29) is 29.2 Å². The van der Waals surface area contributed by atoms with Gasteiger partial charge in [-0.1, -0.05) is 10.4 Å². The molecule has 3 aliphatic rings. The fourth-order valence-corrected chi connectivity index (χ4v) is 5.52. The first-order chi connectivity index (χ1) is 18.7. The van der Waals surface area contributed by atoms with E-state index in [0.717, 1.165) is 24.3 Å². The first kappa shape index (κ1) is 27.5. The minimum Gasteiger partial charge on any atom is -0.394 e. The van der Waals surface area contributed by atoms with Crippen LogP contribution in [-0.2, 0) is 19.1 Å². The van der Waals surface area contributed by atoms with Crippen LogP contribution in [0.25, 0.3) is 11.3 Å². The number of nitrogens with zero attached hydrogens (tertiary/aromatic N) is 5. The van der Waals surface area contributed by atoms with Gasteiger partial charge in [-0.25, -0.2) is 17.9 Å². The molecule has 11 nitrogen and oxygen atoms in total. The van der Waals surface area contributed by atoms with Crippen molar-refractivity contribution in [1.82, 2.24) is 19.9 Å². The maximum absolute atomic E-state index is 13.8. The van der Waals surface area contributed by atoms with Crippen molar-refractivity contribution in [2.75, 3.05) is 27.3 Å². The van der Waals surface area contributed by atoms with Crippen molar-refractivity contribution < 1.29 is 42.5 Å². The van der Waals surface area contributed by atoms with Crippen LogP contribution >= 0.6 is 0 Å². The average Bonchev–Trinajstić information content (AvgIpc) is 3.59. The molecule has 2 N–H and O–H groups in total. The number of rotatable bonds is 7. The normalized spacial score (nSPS) is 31.4. The van der Waals surface area contributed by atoms with Gasteiger partial charge in [-0.3, -0.25) is 4.79 Å². The molecule has 1 aromatic carbocycles. The Labute approximate surface area is 222 Å². The second kappa shape index (κ2) is 11.2. The zero-order valence-corrected chi connectivity index (χ0v) is 21.4. The van der Waals surface area contributed by atoms with Crippen LogP contribution < -0.4 is 0 Å². The number of halogens is 3. The SMILES string of the molecule is CO[C@@H]1[C@@H](n2cc(-c3cc(F)c(F)c(F)c3)nn2)[C@@H](O)[C@@H](CO)O[C@@H]1CC1CC(C2CCN(C)C(=O)C2)=NO1. The van der Waals surface area contributed by atoms with Crippen LogP contribution in [0.3, 0.4) is 0 Å². The van der Waals surface area contributed by atoms with Crippen molar-refractivity contribution >= 4 is 11.6 Å². The molecule has 212 valence electrons. The molecule has 4 heterocycles. The number of methoxy groups -OCH3 is 1. The largest absolute Gasteiger partial charge is 0.394 e. The second-order valence-corrected chi connectivity index (χ2v) is 10.2. The predicted octanol–water partition coefficient (Wildman–Crippen LogP) is 1.44. The third kappa shape index (κ3) is 5.38. The molecule has 1 aromatic heterocycles. The van der Waals surface area contributed by atoms with Crippen LogP contribution in [-0.4, -0.2) is 99.6 Å². The lowest BCUT2D eigenvalue weighted by molar-refractivity contribution is -0.219. The number of carbonyl (C=O) groups excluding carboxylic acids is 1. The number of piperidine rings is 1. The maximum atomic E-state index is 13.8. The summed E-state index contributed by atoms with van der Waals surface area (Å²) in [7, 11) is 3.21. The minimum absolute atomic E-state index is 0.0126. The van der Waals surface area contributed by atoms with Crippen LogP contribution in [0.15, 0.2) is 23.5 Å². The van der Waals surface area contributed by atoms with Crippen molar-refractivity contribution in [3.63, 3.8) is 0 Å². The van der Waals surface area contributed by atoms with Crippen molar-refractivity contribution in [2.45, 2.75) is 62.2 Å². The van der Waals surface area contributed by atoms with E-state index in [9.17, 15) is 28.2 Å². The van der Waals surface area contributed by atoms with Crippen LogP contribution in [0.5, 0.6) is 0 Å². The number of ether oxygens (including phenoxy) is 2. The highest BCUT2D eigenvalue weighted by Gasteiger charge is 2.48. The first-order valence-corrected chi connectivity index (χ1v) is 12.7.